The van der Waals surface area contributed by atoms with Crippen molar-refractivity contribution in [1.82, 2.24) is 5.16 Å². The number of nitrogens with zero attached hydrogens (tertiary/aromatic N) is 3. The molecule has 1 aromatic heterocycles. The quantitative estimate of drug-likeness (QED) is 0.622. The van der Waals surface area contributed by atoms with Gasteiger partial charge in [0.05, 0.1) is 6.61 Å². The lowest BCUT2D eigenvalue weighted by molar-refractivity contribution is -0.254. The normalized spacial score (nSPS) is 20.7. The molecule has 0 saturated heterocycles. The summed E-state index contributed by atoms with van der Waals surface area (Å²) < 4.78 is 21.7. The minimum absolute atomic E-state index is 0.0645. The number of carbonyl (C=O) groups is 1. The molecule has 0 amide bonds. The molecule has 1 aliphatic carbocycles. The highest BCUT2D eigenvalue weighted by atomic mass is 16.8. The Morgan fingerprint density at radius 2 is 2.04 bits per heavy atom. The van der Waals surface area contributed by atoms with Gasteiger partial charge in [-0.25, -0.2) is 4.79 Å². The van der Waals surface area contributed by atoms with Crippen molar-refractivity contribution in [2.45, 2.75) is 51.7 Å². The van der Waals surface area contributed by atoms with Crippen LogP contribution in [-0.4, -0.2) is 23.5 Å². The van der Waals surface area contributed by atoms with E-state index in [4.69, 9.17) is 18.7 Å². The maximum Gasteiger partial charge on any atom is 0.369 e. The van der Waals surface area contributed by atoms with E-state index in [-0.39, 0.29) is 17.5 Å². The number of hydrogen-bond donors (Lipinski definition) is 0. The summed E-state index contributed by atoms with van der Waals surface area (Å²) in [6, 6.07) is 1.60. The van der Waals surface area contributed by atoms with Crippen LogP contribution in [0.2, 0.25) is 0 Å². The molecule has 1 fully saturated rings. The van der Waals surface area contributed by atoms with Gasteiger partial charge in [-0.15, -0.1) is 10.2 Å². The second-order valence-corrected chi connectivity index (χ2v) is 5.53. The minimum Gasteiger partial charge on any atom is -0.464 e. The molecule has 23 heavy (non-hydrogen) atoms. The first-order chi connectivity index (χ1) is 11.1. The van der Waals surface area contributed by atoms with E-state index in [0.29, 0.717) is 25.2 Å². The van der Waals surface area contributed by atoms with Crippen LogP contribution in [-0.2, 0) is 19.0 Å². The van der Waals surface area contributed by atoms with E-state index in [1.807, 2.05) is 0 Å². The molecule has 1 spiro atoms. The van der Waals surface area contributed by atoms with Crippen LogP contribution < -0.4 is 0 Å². The Labute approximate surface area is 133 Å². The lowest BCUT2D eigenvalue weighted by Crippen LogP contribution is -2.44. The third-order valence-corrected chi connectivity index (χ3v) is 3.70. The molecule has 3 rings (SSSR count). The van der Waals surface area contributed by atoms with Gasteiger partial charge in [-0.3, -0.25) is 0 Å². The smallest absolute Gasteiger partial charge is 0.369 e. The first-order valence-electron chi connectivity index (χ1n) is 7.76. The SMILES string of the molecule is CCOC1=C(/N=N/c2cc(C)on2)C(=O)OC2(CCCCC2)O1. The molecule has 8 heteroatoms. The number of azo groups is 1. The van der Waals surface area contributed by atoms with Crippen LogP contribution in [0.15, 0.2) is 32.5 Å². The van der Waals surface area contributed by atoms with Gasteiger partial charge in [0.15, 0.2) is 0 Å². The van der Waals surface area contributed by atoms with Gasteiger partial charge >= 0.3 is 11.9 Å². The Bertz CT molecular complexity index is 643. The lowest BCUT2D eigenvalue weighted by atomic mass is 9.93. The van der Waals surface area contributed by atoms with Gasteiger partial charge in [0.2, 0.25) is 5.82 Å². The highest BCUT2D eigenvalue weighted by molar-refractivity contribution is 5.89. The molecule has 124 valence electrons. The van der Waals surface area contributed by atoms with Crippen molar-refractivity contribution in [3.63, 3.8) is 0 Å². The summed E-state index contributed by atoms with van der Waals surface area (Å²) in [6.45, 7) is 3.89. The third kappa shape index (κ3) is 3.35. The van der Waals surface area contributed by atoms with Crippen molar-refractivity contribution < 1.29 is 23.5 Å². The van der Waals surface area contributed by atoms with Gasteiger partial charge in [0.1, 0.15) is 5.76 Å². The molecule has 8 nitrogen and oxygen atoms in total. The molecule has 2 heterocycles. The predicted octanol–water partition coefficient (Wildman–Crippen LogP) is 3.51. The molecule has 0 atom stereocenters. The number of ether oxygens (including phenoxy) is 3. The van der Waals surface area contributed by atoms with E-state index in [2.05, 4.69) is 15.4 Å². The number of esters is 1. The minimum atomic E-state index is -0.927. The molecule has 1 aliphatic heterocycles. The van der Waals surface area contributed by atoms with Gasteiger partial charge in [-0.2, -0.15) is 0 Å². The fourth-order valence-corrected chi connectivity index (χ4v) is 2.65. The highest BCUT2D eigenvalue weighted by Crippen LogP contribution is 2.39. The number of hydrogen-bond acceptors (Lipinski definition) is 8. The van der Waals surface area contributed by atoms with Crippen molar-refractivity contribution in [3.8, 4) is 0 Å². The Balaban J connectivity index is 1.86. The maximum atomic E-state index is 12.3. The van der Waals surface area contributed by atoms with Crippen molar-refractivity contribution in [1.29, 1.82) is 0 Å². The molecule has 0 unspecified atom stereocenters. The summed E-state index contributed by atoms with van der Waals surface area (Å²) in [5.41, 5.74) is -0.0938. The summed E-state index contributed by atoms with van der Waals surface area (Å²) in [4.78, 5) is 12.3. The van der Waals surface area contributed by atoms with Gasteiger partial charge in [-0.05, 0) is 26.7 Å². The first kappa shape index (κ1) is 15.5. The molecule has 1 saturated carbocycles. The molecule has 2 aliphatic rings. The largest absolute Gasteiger partial charge is 0.464 e. The first-order valence-corrected chi connectivity index (χ1v) is 7.76. The van der Waals surface area contributed by atoms with Gasteiger partial charge in [-0.1, -0.05) is 11.6 Å². The summed E-state index contributed by atoms with van der Waals surface area (Å²) in [7, 11) is 0. The zero-order valence-electron chi connectivity index (χ0n) is 13.2. The van der Waals surface area contributed by atoms with Gasteiger partial charge in [0.25, 0.3) is 11.5 Å². The van der Waals surface area contributed by atoms with Crippen molar-refractivity contribution in [2.24, 2.45) is 10.2 Å². The third-order valence-electron chi connectivity index (χ3n) is 3.70. The predicted molar refractivity (Wildman–Crippen MR) is 77.4 cm³/mol. The van der Waals surface area contributed by atoms with Crippen LogP contribution >= 0.6 is 0 Å². The van der Waals surface area contributed by atoms with E-state index in [1.54, 1.807) is 19.9 Å². The topological polar surface area (TPSA) is 95.5 Å². The van der Waals surface area contributed by atoms with Crippen molar-refractivity contribution in [2.75, 3.05) is 6.61 Å². The fraction of sp³-hybridized carbons (Fsp3) is 0.600. The monoisotopic (exact) mass is 321 g/mol. The number of aryl methyl sites for hydroxylation is 1. The number of rotatable bonds is 4. The summed E-state index contributed by atoms with van der Waals surface area (Å²) in [5.74, 6) is -0.595. The summed E-state index contributed by atoms with van der Waals surface area (Å²) in [6.07, 6.45) is 4.31. The maximum absolute atomic E-state index is 12.3. The Morgan fingerprint density at radius 3 is 2.70 bits per heavy atom. The lowest BCUT2D eigenvalue weighted by Gasteiger charge is -2.39. The zero-order chi connectivity index (χ0) is 16.3. The second-order valence-electron chi connectivity index (χ2n) is 5.53. The highest BCUT2D eigenvalue weighted by Gasteiger charge is 2.45. The Kier molecular flexibility index (Phi) is 4.31. The molecule has 1 aromatic rings. The fourth-order valence-electron chi connectivity index (χ4n) is 2.65. The van der Waals surface area contributed by atoms with Gasteiger partial charge in [0, 0.05) is 18.9 Å². The molecule has 0 bridgehead atoms. The van der Waals surface area contributed by atoms with Crippen LogP contribution in [0, 0.1) is 6.92 Å². The van der Waals surface area contributed by atoms with Crippen molar-refractivity contribution >= 4 is 11.8 Å². The van der Waals surface area contributed by atoms with E-state index < -0.39 is 11.8 Å². The Hall–Kier alpha value is -2.38. The average molecular weight is 321 g/mol. The second kappa shape index (κ2) is 6.39. The van der Waals surface area contributed by atoms with E-state index in [0.717, 1.165) is 19.3 Å². The summed E-state index contributed by atoms with van der Waals surface area (Å²) >= 11 is 0. The van der Waals surface area contributed by atoms with E-state index in [9.17, 15) is 4.79 Å². The van der Waals surface area contributed by atoms with E-state index in [1.165, 1.54) is 0 Å². The zero-order valence-corrected chi connectivity index (χ0v) is 13.2. The Morgan fingerprint density at radius 1 is 1.26 bits per heavy atom. The number of aromatic nitrogens is 1. The van der Waals surface area contributed by atoms with Crippen LogP contribution in [0.5, 0.6) is 0 Å². The molecule has 0 radical (unpaired) electrons. The number of carbonyl (C=O) groups excluding carboxylic acids is 1. The molecular formula is C15H19N3O5. The summed E-state index contributed by atoms with van der Waals surface area (Å²) in [5, 5.41) is 11.4. The van der Waals surface area contributed by atoms with Gasteiger partial charge < -0.3 is 18.7 Å². The standard InChI is InChI=1S/C15H19N3O5/c1-3-20-14-12(17-16-11-9-10(2)23-18-11)13(19)21-15(22-14)7-5-4-6-8-15/h9H,3-8H2,1-2H3/b17-16+. The van der Waals surface area contributed by atoms with Crippen molar-refractivity contribution in [3.05, 3.63) is 23.5 Å². The van der Waals surface area contributed by atoms with E-state index >= 15 is 0 Å². The molecular weight excluding hydrogens is 302 g/mol. The van der Waals surface area contributed by atoms with Crippen LogP contribution in [0.3, 0.4) is 0 Å². The van der Waals surface area contributed by atoms with Crippen LogP contribution in [0.1, 0.15) is 44.8 Å². The molecule has 0 N–H and O–H groups in total. The van der Waals surface area contributed by atoms with Crippen LogP contribution in [0.25, 0.3) is 0 Å². The average Bonchev–Trinajstić information content (AvgIpc) is 2.93. The van der Waals surface area contributed by atoms with Crippen LogP contribution in [0.4, 0.5) is 5.82 Å². The molecule has 0 aromatic carbocycles.